The molecule has 26 heavy (non-hydrogen) atoms. The quantitative estimate of drug-likeness (QED) is 0.639. The molecule has 3 rings (SSSR count). The van der Waals surface area contributed by atoms with E-state index in [1.807, 2.05) is 25.1 Å². The molecule has 0 aliphatic rings. The number of hydrogen-bond donors (Lipinski definition) is 1. The van der Waals surface area contributed by atoms with Gasteiger partial charge in [-0.05, 0) is 56.7 Å². The minimum absolute atomic E-state index is 0.132. The molecule has 3 aromatic rings. The third-order valence-corrected chi connectivity index (χ3v) is 4.45. The highest BCUT2D eigenvalue weighted by Gasteiger charge is 2.14. The Kier molecular flexibility index (Phi) is 5.78. The van der Waals surface area contributed by atoms with Crippen LogP contribution in [0.1, 0.15) is 19.2 Å². The van der Waals surface area contributed by atoms with Gasteiger partial charge in [-0.25, -0.2) is 4.98 Å². The maximum atomic E-state index is 12.2. The van der Waals surface area contributed by atoms with Crippen LogP contribution in [0.25, 0.3) is 11.0 Å². The number of carbonyl (C=O) groups is 1. The zero-order chi connectivity index (χ0) is 18.5. The lowest BCUT2D eigenvalue weighted by molar-refractivity contribution is -0.127. The summed E-state index contributed by atoms with van der Waals surface area (Å²) in [5, 5.41) is 3.56. The van der Waals surface area contributed by atoms with E-state index in [1.165, 1.54) is 0 Å². The van der Waals surface area contributed by atoms with E-state index in [2.05, 4.69) is 20.9 Å². The van der Waals surface area contributed by atoms with Crippen LogP contribution in [0.3, 0.4) is 0 Å². The Hall–Kier alpha value is -2.53. The first-order valence-corrected chi connectivity index (χ1v) is 9.04. The van der Waals surface area contributed by atoms with Crippen LogP contribution < -0.4 is 10.1 Å². The summed E-state index contributed by atoms with van der Waals surface area (Å²) in [7, 11) is 0. The van der Waals surface area contributed by atoms with Crippen LogP contribution in [-0.2, 0) is 11.3 Å². The Morgan fingerprint density at radius 2 is 1.96 bits per heavy atom. The van der Waals surface area contributed by atoms with Crippen molar-refractivity contribution in [3.05, 3.63) is 59.4 Å². The lowest BCUT2D eigenvalue weighted by Gasteiger charge is -2.15. The van der Waals surface area contributed by atoms with Gasteiger partial charge in [0.2, 0.25) is 0 Å². The molecule has 1 atom stereocenters. The summed E-state index contributed by atoms with van der Waals surface area (Å²) in [6.07, 6.45) is 0.257. The van der Waals surface area contributed by atoms with Crippen LogP contribution in [0.5, 0.6) is 5.75 Å². The van der Waals surface area contributed by atoms with Crippen molar-refractivity contribution in [1.82, 2.24) is 14.9 Å². The molecule has 2 aromatic carbocycles. The van der Waals surface area contributed by atoms with E-state index in [1.54, 1.807) is 31.2 Å². The number of aromatic nitrogens is 2. The summed E-state index contributed by atoms with van der Waals surface area (Å²) in [4.78, 5) is 16.7. The van der Waals surface area contributed by atoms with Gasteiger partial charge in [0.1, 0.15) is 11.6 Å². The van der Waals surface area contributed by atoms with Crippen molar-refractivity contribution in [3.8, 4) is 5.75 Å². The summed E-state index contributed by atoms with van der Waals surface area (Å²) in [5.74, 6) is 1.47. The highest BCUT2D eigenvalue weighted by molar-refractivity contribution is 6.30. The number of imidazole rings is 1. The molecular formula is C20H22ClN3O2. The van der Waals surface area contributed by atoms with Gasteiger partial charge >= 0.3 is 0 Å². The Morgan fingerprint density at radius 3 is 2.73 bits per heavy atom. The highest BCUT2D eigenvalue weighted by Crippen LogP contribution is 2.17. The van der Waals surface area contributed by atoms with Crippen LogP contribution in [0.2, 0.25) is 5.02 Å². The van der Waals surface area contributed by atoms with E-state index in [4.69, 9.17) is 16.3 Å². The fraction of sp³-hybridized carbons (Fsp3) is 0.300. The summed E-state index contributed by atoms with van der Waals surface area (Å²) in [5.41, 5.74) is 2.12. The van der Waals surface area contributed by atoms with Gasteiger partial charge in [0.05, 0.1) is 11.0 Å². The van der Waals surface area contributed by atoms with E-state index >= 15 is 0 Å². The van der Waals surface area contributed by atoms with Gasteiger partial charge in [0.25, 0.3) is 5.91 Å². The molecule has 136 valence electrons. The topological polar surface area (TPSA) is 56.2 Å². The number of fused-ring (bicyclic) bond motifs is 1. The van der Waals surface area contributed by atoms with Crippen molar-refractivity contribution in [2.24, 2.45) is 0 Å². The standard InChI is InChI=1S/C20H22ClN3O2/c1-14(26-17-10-8-16(21)9-11-17)20(25)22-12-5-13-24-15(2)23-18-6-3-4-7-19(18)24/h3-4,6-11,14H,5,12-13H2,1-2H3,(H,22,25). The Bertz CT molecular complexity index is 890. The predicted molar refractivity (Wildman–Crippen MR) is 104 cm³/mol. The average molecular weight is 372 g/mol. The number of amides is 1. The first-order valence-electron chi connectivity index (χ1n) is 8.66. The number of ether oxygens (including phenoxy) is 1. The number of hydrogen-bond acceptors (Lipinski definition) is 3. The Labute approximate surface area is 157 Å². The van der Waals surface area contributed by atoms with E-state index in [9.17, 15) is 4.79 Å². The van der Waals surface area contributed by atoms with Gasteiger partial charge < -0.3 is 14.6 Å². The smallest absolute Gasteiger partial charge is 0.260 e. The SMILES string of the molecule is Cc1nc2ccccc2n1CCCNC(=O)C(C)Oc1ccc(Cl)cc1. The van der Waals surface area contributed by atoms with E-state index in [0.717, 1.165) is 29.8 Å². The maximum Gasteiger partial charge on any atom is 0.260 e. The monoisotopic (exact) mass is 371 g/mol. The first kappa shape index (κ1) is 18.3. The largest absolute Gasteiger partial charge is 0.481 e. The molecular weight excluding hydrogens is 350 g/mol. The molecule has 6 heteroatoms. The summed E-state index contributed by atoms with van der Waals surface area (Å²) >= 11 is 5.84. The van der Waals surface area contributed by atoms with E-state index < -0.39 is 6.10 Å². The zero-order valence-corrected chi connectivity index (χ0v) is 15.7. The number of nitrogens with one attached hydrogen (secondary N) is 1. The van der Waals surface area contributed by atoms with Crippen LogP contribution in [0, 0.1) is 6.92 Å². The van der Waals surface area contributed by atoms with Crippen LogP contribution in [0.15, 0.2) is 48.5 Å². The molecule has 1 unspecified atom stereocenters. The molecule has 0 fully saturated rings. The number of rotatable bonds is 7. The first-order chi connectivity index (χ1) is 12.5. The Morgan fingerprint density at radius 1 is 1.23 bits per heavy atom. The average Bonchev–Trinajstić information content (AvgIpc) is 2.95. The number of para-hydroxylation sites is 2. The van der Waals surface area contributed by atoms with Gasteiger partial charge in [-0.3, -0.25) is 4.79 Å². The fourth-order valence-corrected chi connectivity index (χ4v) is 2.97. The van der Waals surface area contributed by atoms with Crippen molar-refractivity contribution in [1.29, 1.82) is 0 Å². The highest BCUT2D eigenvalue weighted by atomic mass is 35.5. The fourth-order valence-electron chi connectivity index (χ4n) is 2.84. The van der Waals surface area contributed by atoms with E-state index in [0.29, 0.717) is 17.3 Å². The number of aryl methyl sites for hydroxylation is 2. The van der Waals surface area contributed by atoms with E-state index in [-0.39, 0.29) is 5.91 Å². The molecule has 1 heterocycles. The van der Waals surface area contributed by atoms with Crippen molar-refractivity contribution in [2.75, 3.05) is 6.54 Å². The number of nitrogens with zero attached hydrogens (tertiary/aromatic N) is 2. The zero-order valence-electron chi connectivity index (χ0n) is 14.9. The molecule has 0 saturated heterocycles. The van der Waals surface area contributed by atoms with Crippen molar-refractivity contribution >= 4 is 28.5 Å². The van der Waals surface area contributed by atoms with Crippen LogP contribution >= 0.6 is 11.6 Å². The number of benzene rings is 2. The number of halogens is 1. The molecule has 0 aliphatic carbocycles. The molecule has 0 aliphatic heterocycles. The summed E-state index contributed by atoms with van der Waals surface area (Å²) in [6, 6.07) is 15.0. The van der Waals surface area contributed by atoms with Gasteiger partial charge in [-0.15, -0.1) is 0 Å². The molecule has 0 bridgehead atoms. The second kappa shape index (κ2) is 8.23. The van der Waals surface area contributed by atoms with Crippen molar-refractivity contribution < 1.29 is 9.53 Å². The second-order valence-corrected chi connectivity index (χ2v) is 6.59. The molecule has 1 N–H and O–H groups in total. The van der Waals surface area contributed by atoms with Crippen molar-refractivity contribution in [2.45, 2.75) is 32.9 Å². The summed E-state index contributed by atoms with van der Waals surface area (Å²) in [6.45, 7) is 5.12. The van der Waals surface area contributed by atoms with Crippen LogP contribution in [0.4, 0.5) is 0 Å². The third kappa shape index (κ3) is 4.35. The molecule has 0 saturated carbocycles. The molecule has 0 radical (unpaired) electrons. The lowest BCUT2D eigenvalue weighted by Crippen LogP contribution is -2.37. The maximum absolute atomic E-state index is 12.2. The molecule has 5 nitrogen and oxygen atoms in total. The van der Waals surface area contributed by atoms with Gasteiger partial charge in [-0.1, -0.05) is 23.7 Å². The molecule has 1 amide bonds. The van der Waals surface area contributed by atoms with Gasteiger partial charge in [0.15, 0.2) is 6.10 Å². The molecule has 1 aromatic heterocycles. The lowest BCUT2D eigenvalue weighted by atomic mass is 10.3. The normalized spacial score (nSPS) is 12.1. The molecule has 0 spiro atoms. The number of carbonyl (C=O) groups excluding carboxylic acids is 1. The summed E-state index contributed by atoms with van der Waals surface area (Å²) < 4.78 is 7.80. The Balaban J connectivity index is 1.47. The van der Waals surface area contributed by atoms with Crippen LogP contribution in [-0.4, -0.2) is 28.1 Å². The van der Waals surface area contributed by atoms with Gasteiger partial charge in [-0.2, -0.15) is 0 Å². The second-order valence-electron chi connectivity index (χ2n) is 6.16. The predicted octanol–water partition coefficient (Wildman–Crippen LogP) is 3.97. The minimum Gasteiger partial charge on any atom is -0.481 e. The van der Waals surface area contributed by atoms with Gasteiger partial charge in [0, 0.05) is 18.1 Å². The third-order valence-electron chi connectivity index (χ3n) is 4.20. The minimum atomic E-state index is -0.563. The van der Waals surface area contributed by atoms with Crippen molar-refractivity contribution in [3.63, 3.8) is 0 Å².